The minimum absolute atomic E-state index is 0.934. The Hall–Kier alpha value is -1.48. The van der Waals surface area contributed by atoms with E-state index in [9.17, 15) is 0 Å². The van der Waals surface area contributed by atoms with E-state index in [0.717, 1.165) is 5.69 Å². The maximum Gasteiger partial charge on any atom is 0.115 e. The molecule has 0 aliphatic rings. The molecule has 2 heterocycles. The lowest BCUT2D eigenvalue weighted by molar-refractivity contribution is 1.15. The summed E-state index contributed by atoms with van der Waals surface area (Å²) in [6.07, 6.45) is 7.32. The smallest absolute Gasteiger partial charge is 0.115 e. The van der Waals surface area contributed by atoms with Gasteiger partial charge in [0, 0.05) is 11.1 Å². The third-order valence-corrected chi connectivity index (χ3v) is 2.40. The summed E-state index contributed by atoms with van der Waals surface area (Å²) in [5.74, 6) is 0. The van der Waals surface area contributed by atoms with Gasteiger partial charge in [0.1, 0.15) is 6.33 Å². The Morgan fingerprint density at radius 1 is 1.23 bits per heavy atom. The number of aromatic nitrogens is 2. The first-order valence-electron chi connectivity index (χ1n) is 3.93. The van der Waals surface area contributed by atoms with Crippen LogP contribution >= 0.6 is 11.3 Å². The first kappa shape index (κ1) is 8.13. The molecule has 0 atom stereocenters. The molecule has 13 heavy (non-hydrogen) atoms. The molecule has 2 nitrogen and oxygen atoms in total. The van der Waals surface area contributed by atoms with Crippen molar-refractivity contribution in [3.05, 3.63) is 46.7 Å². The molecule has 2 rings (SSSR count). The van der Waals surface area contributed by atoms with E-state index in [1.54, 1.807) is 23.9 Å². The predicted octanol–water partition coefficient (Wildman–Crippen LogP) is 2.71. The lowest BCUT2D eigenvalue weighted by Gasteiger charge is -1.88. The molecule has 3 heteroatoms. The maximum atomic E-state index is 4.08. The molecule has 0 aliphatic carbocycles. The Balaban J connectivity index is 2.15. The van der Waals surface area contributed by atoms with Gasteiger partial charge >= 0.3 is 0 Å². The van der Waals surface area contributed by atoms with Crippen LogP contribution in [-0.2, 0) is 0 Å². The van der Waals surface area contributed by atoms with Gasteiger partial charge < -0.3 is 0 Å². The Kier molecular flexibility index (Phi) is 2.48. The highest BCUT2D eigenvalue weighted by molar-refractivity contribution is 7.10. The molecule has 0 aromatic carbocycles. The summed E-state index contributed by atoms with van der Waals surface area (Å²) in [7, 11) is 0. The van der Waals surface area contributed by atoms with E-state index in [2.05, 4.69) is 21.4 Å². The summed E-state index contributed by atoms with van der Waals surface area (Å²) in [5, 5.41) is 2.06. The van der Waals surface area contributed by atoms with Crippen LogP contribution in [0.5, 0.6) is 0 Å². The van der Waals surface area contributed by atoms with E-state index >= 15 is 0 Å². The first-order chi connectivity index (χ1) is 6.45. The van der Waals surface area contributed by atoms with Gasteiger partial charge in [-0.2, -0.15) is 0 Å². The molecule has 2 aromatic rings. The highest BCUT2D eigenvalue weighted by atomic mass is 32.1. The summed E-state index contributed by atoms with van der Waals surface area (Å²) < 4.78 is 0. The topological polar surface area (TPSA) is 25.8 Å². The van der Waals surface area contributed by atoms with Gasteiger partial charge in [0.05, 0.1) is 5.69 Å². The molecular formula is C10H8N2S. The fraction of sp³-hybridized carbons (Fsp3) is 0. The van der Waals surface area contributed by atoms with Crippen molar-refractivity contribution in [1.82, 2.24) is 9.97 Å². The van der Waals surface area contributed by atoms with Crippen LogP contribution in [-0.4, -0.2) is 9.97 Å². The standard InChI is InChI=1S/C10H8N2S/c1-2-10(13-7-1)4-3-9-5-6-11-8-12-9/h1-8H/b4-3+. The van der Waals surface area contributed by atoms with Crippen LogP contribution in [0.2, 0.25) is 0 Å². The molecule has 0 fully saturated rings. The molecule has 64 valence electrons. The van der Waals surface area contributed by atoms with Crippen LogP contribution in [0.25, 0.3) is 12.2 Å². The van der Waals surface area contributed by atoms with Crippen LogP contribution < -0.4 is 0 Å². The Labute approximate surface area is 80.6 Å². The van der Waals surface area contributed by atoms with Gasteiger partial charge in [0.25, 0.3) is 0 Å². The summed E-state index contributed by atoms with van der Waals surface area (Å²) in [6, 6.07) is 5.98. The highest BCUT2D eigenvalue weighted by Crippen LogP contribution is 2.11. The van der Waals surface area contributed by atoms with Gasteiger partial charge in [0.15, 0.2) is 0 Å². The van der Waals surface area contributed by atoms with E-state index in [1.165, 1.54) is 4.88 Å². The van der Waals surface area contributed by atoms with Crippen molar-refractivity contribution < 1.29 is 0 Å². The SMILES string of the molecule is C(=C\c1cccs1)/c1ccncn1. The summed E-state index contributed by atoms with van der Waals surface area (Å²) in [4.78, 5) is 9.17. The zero-order valence-electron chi connectivity index (χ0n) is 6.92. The third kappa shape index (κ3) is 2.23. The van der Waals surface area contributed by atoms with Crippen LogP contribution in [0.3, 0.4) is 0 Å². The molecule has 0 saturated heterocycles. The van der Waals surface area contributed by atoms with Gasteiger partial charge in [-0.15, -0.1) is 11.3 Å². The molecule has 0 N–H and O–H groups in total. The zero-order chi connectivity index (χ0) is 8.93. The molecule has 0 spiro atoms. The zero-order valence-corrected chi connectivity index (χ0v) is 7.74. The van der Waals surface area contributed by atoms with E-state index in [1.807, 2.05) is 24.3 Å². The number of rotatable bonds is 2. The van der Waals surface area contributed by atoms with Crippen LogP contribution in [0.15, 0.2) is 36.1 Å². The first-order valence-corrected chi connectivity index (χ1v) is 4.81. The van der Waals surface area contributed by atoms with Crippen molar-refractivity contribution >= 4 is 23.5 Å². The molecule has 0 bridgehead atoms. The molecule has 2 aromatic heterocycles. The summed E-state index contributed by atoms with van der Waals surface area (Å²) in [5.41, 5.74) is 0.934. The fourth-order valence-electron chi connectivity index (χ4n) is 0.953. The van der Waals surface area contributed by atoms with Crippen LogP contribution in [0.1, 0.15) is 10.6 Å². The van der Waals surface area contributed by atoms with E-state index in [4.69, 9.17) is 0 Å². The van der Waals surface area contributed by atoms with Crippen molar-refractivity contribution in [3.63, 3.8) is 0 Å². The molecule has 0 radical (unpaired) electrons. The third-order valence-electron chi connectivity index (χ3n) is 1.57. The fourth-order valence-corrected chi connectivity index (χ4v) is 1.57. The average Bonchev–Trinajstić information content (AvgIpc) is 2.69. The van der Waals surface area contributed by atoms with Crippen LogP contribution in [0.4, 0.5) is 0 Å². The van der Waals surface area contributed by atoms with Gasteiger partial charge in [-0.25, -0.2) is 9.97 Å². The number of thiophene rings is 1. The molecular weight excluding hydrogens is 180 g/mol. The van der Waals surface area contributed by atoms with Gasteiger partial charge in [-0.1, -0.05) is 6.07 Å². The van der Waals surface area contributed by atoms with E-state index in [-0.39, 0.29) is 0 Å². The lowest BCUT2D eigenvalue weighted by atomic mass is 10.3. The normalized spacial score (nSPS) is 10.8. The molecule has 0 unspecified atom stereocenters. The van der Waals surface area contributed by atoms with Gasteiger partial charge in [-0.05, 0) is 29.7 Å². The van der Waals surface area contributed by atoms with Crippen molar-refractivity contribution in [1.29, 1.82) is 0 Å². The number of hydrogen-bond acceptors (Lipinski definition) is 3. The van der Waals surface area contributed by atoms with Crippen molar-refractivity contribution in [2.45, 2.75) is 0 Å². The number of hydrogen-bond donors (Lipinski definition) is 0. The van der Waals surface area contributed by atoms with Gasteiger partial charge in [-0.3, -0.25) is 0 Å². The maximum absolute atomic E-state index is 4.08. The summed E-state index contributed by atoms with van der Waals surface area (Å²) in [6.45, 7) is 0. The Morgan fingerprint density at radius 2 is 2.23 bits per heavy atom. The van der Waals surface area contributed by atoms with Crippen molar-refractivity contribution in [2.24, 2.45) is 0 Å². The van der Waals surface area contributed by atoms with E-state index < -0.39 is 0 Å². The lowest BCUT2D eigenvalue weighted by Crippen LogP contribution is -1.78. The molecule has 0 amide bonds. The Bertz CT molecular complexity index is 379. The van der Waals surface area contributed by atoms with Gasteiger partial charge in [0.2, 0.25) is 0 Å². The second-order valence-electron chi connectivity index (χ2n) is 2.48. The number of nitrogens with zero attached hydrogens (tertiary/aromatic N) is 2. The summed E-state index contributed by atoms with van der Waals surface area (Å²) >= 11 is 1.71. The average molecular weight is 188 g/mol. The monoisotopic (exact) mass is 188 g/mol. The highest BCUT2D eigenvalue weighted by Gasteiger charge is 1.87. The molecule has 0 saturated carbocycles. The van der Waals surface area contributed by atoms with Crippen molar-refractivity contribution in [2.75, 3.05) is 0 Å². The second kappa shape index (κ2) is 3.96. The Morgan fingerprint density at radius 3 is 2.92 bits per heavy atom. The molecule has 0 aliphatic heterocycles. The minimum Gasteiger partial charge on any atom is -0.245 e. The van der Waals surface area contributed by atoms with Crippen molar-refractivity contribution in [3.8, 4) is 0 Å². The minimum atomic E-state index is 0.934. The quantitative estimate of drug-likeness (QED) is 0.724. The van der Waals surface area contributed by atoms with Crippen LogP contribution in [0, 0.1) is 0 Å². The van der Waals surface area contributed by atoms with E-state index in [0.29, 0.717) is 0 Å². The second-order valence-corrected chi connectivity index (χ2v) is 3.46. The largest absolute Gasteiger partial charge is 0.245 e. The predicted molar refractivity (Wildman–Crippen MR) is 55.3 cm³/mol.